The summed E-state index contributed by atoms with van der Waals surface area (Å²) in [5.41, 5.74) is 0.135. The molecule has 1 fully saturated rings. The first-order valence-electron chi connectivity index (χ1n) is 6.27. The fraction of sp³-hybridized carbons (Fsp3) is 0.667. The minimum absolute atomic E-state index is 0.135. The third-order valence-electron chi connectivity index (χ3n) is 3.43. The van der Waals surface area contributed by atoms with E-state index in [1.54, 1.807) is 6.92 Å². The highest BCUT2D eigenvalue weighted by Gasteiger charge is 2.31. The number of thiophene rings is 1. The summed E-state index contributed by atoms with van der Waals surface area (Å²) >= 11 is 1.35. The minimum Gasteiger partial charge on any atom is -0.388 e. The van der Waals surface area contributed by atoms with Crippen molar-refractivity contribution in [2.45, 2.75) is 45.3 Å². The van der Waals surface area contributed by atoms with Gasteiger partial charge < -0.3 is 10.0 Å². The van der Waals surface area contributed by atoms with E-state index in [2.05, 4.69) is 11.8 Å². The zero-order valence-corrected chi connectivity index (χ0v) is 11.4. The van der Waals surface area contributed by atoms with E-state index < -0.39 is 6.10 Å². The van der Waals surface area contributed by atoms with Gasteiger partial charge in [-0.1, -0.05) is 6.92 Å². The smallest absolute Gasteiger partial charge is 0.304 e. The lowest BCUT2D eigenvalue weighted by Gasteiger charge is -2.23. The van der Waals surface area contributed by atoms with Gasteiger partial charge in [-0.2, -0.15) is 0 Å². The SMILES string of the molecule is CCC1CCCN1c1sc([C@@H](C)O)cc1[N+](=O)[O-]. The van der Waals surface area contributed by atoms with Crippen molar-refractivity contribution in [3.63, 3.8) is 0 Å². The van der Waals surface area contributed by atoms with Crippen LogP contribution in [0.1, 0.15) is 44.1 Å². The van der Waals surface area contributed by atoms with Crippen molar-refractivity contribution in [1.82, 2.24) is 0 Å². The molecular formula is C12H18N2O3S. The zero-order chi connectivity index (χ0) is 13.3. The molecule has 100 valence electrons. The third-order valence-corrected chi connectivity index (χ3v) is 4.76. The molecule has 1 aromatic heterocycles. The van der Waals surface area contributed by atoms with E-state index in [-0.39, 0.29) is 10.6 Å². The standard InChI is InChI=1S/C12H18N2O3S/c1-3-9-5-4-6-13(9)12-10(14(16)17)7-11(18-12)8(2)15/h7-9,15H,3-6H2,1-2H3/t8-,9?/m1/s1. The molecule has 2 heterocycles. The summed E-state index contributed by atoms with van der Waals surface area (Å²) in [6, 6.07) is 1.90. The largest absolute Gasteiger partial charge is 0.388 e. The molecule has 0 radical (unpaired) electrons. The summed E-state index contributed by atoms with van der Waals surface area (Å²) in [6.07, 6.45) is 2.52. The Morgan fingerprint density at radius 1 is 1.72 bits per heavy atom. The van der Waals surface area contributed by atoms with Crippen LogP contribution in [0, 0.1) is 10.1 Å². The topological polar surface area (TPSA) is 66.6 Å². The van der Waals surface area contributed by atoms with Crippen molar-refractivity contribution in [2.24, 2.45) is 0 Å². The fourth-order valence-electron chi connectivity index (χ4n) is 2.46. The number of rotatable bonds is 4. The molecule has 18 heavy (non-hydrogen) atoms. The molecule has 1 aromatic rings. The third kappa shape index (κ3) is 2.35. The zero-order valence-electron chi connectivity index (χ0n) is 10.6. The summed E-state index contributed by atoms with van der Waals surface area (Å²) in [7, 11) is 0. The van der Waals surface area contributed by atoms with E-state index in [1.807, 2.05) is 0 Å². The Morgan fingerprint density at radius 3 is 3.00 bits per heavy atom. The maximum absolute atomic E-state index is 11.1. The number of aliphatic hydroxyl groups is 1. The van der Waals surface area contributed by atoms with Crippen LogP contribution >= 0.6 is 11.3 Å². The summed E-state index contributed by atoms with van der Waals surface area (Å²) in [5, 5.41) is 21.4. The lowest BCUT2D eigenvalue weighted by molar-refractivity contribution is -0.383. The highest BCUT2D eigenvalue weighted by atomic mass is 32.1. The van der Waals surface area contributed by atoms with Crippen LogP contribution in [0.5, 0.6) is 0 Å². The molecule has 0 bridgehead atoms. The molecule has 1 aliphatic rings. The highest BCUT2D eigenvalue weighted by molar-refractivity contribution is 7.16. The molecule has 0 aromatic carbocycles. The first-order chi connectivity index (χ1) is 8.54. The molecule has 2 atom stereocenters. The van der Waals surface area contributed by atoms with Gasteiger partial charge in [0.05, 0.1) is 11.0 Å². The number of hydrogen-bond acceptors (Lipinski definition) is 5. The van der Waals surface area contributed by atoms with Gasteiger partial charge >= 0.3 is 5.69 Å². The quantitative estimate of drug-likeness (QED) is 0.674. The van der Waals surface area contributed by atoms with E-state index >= 15 is 0 Å². The average molecular weight is 270 g/mol. The van der Waals surface area contributed by atoms with Crippen molar-refractivity contribution in [2.75, 3.05) is 11.4 Å². The van der Waals surface area contributed by atoms with Crippen LogP contribution < -0.4 is 4.90 Å². The Kier molecular flexibility index (Phi) is 3.87. The minimum atomic E-state index is -0.648. The molecule has 2 rings (SSSR count). The Bertz CT molecular complexity index is 445. The van der Waals surface area contributed by atoms with Crippen LogP contribution in [0.2, 0.25) is 0 Å². The lowest BCUT2D eigenvalue weighted by atomic mass is 10.2. The molecule has 1 N–H and O–H groups in total. The van der Waals surface area contributed by atoms with Gasteiger partial charge in [0, 0.05) is 23.5 Å². The number of aliphatic hydroxyl groups excluding tert-OH is 1. The first kappa shape index (κ1) is 13.3. The number of anilines is 1. The van der Waals surface area contributed by atoms with E-state index in [1.165, 1.54) is 17.4 Å². The second kappa shape index (κ2) is 5.24. The van der Waals surface area contributed by atoms with Gasteiger partial charge in [-0.15, -0.1) is 11.3 Å². The highest BCUT2D eigenvalue weighted by Crippen LogP contribution is 2.43. The normalized spacial score (nSPS) is 21.3. The fourth-order valence-corrected chi connectivity index (χ4v) is 3.62. The van der Waals surface area contributed by atoms with Crippen molar-refractivity contribution >= 4 is 22.0 Å². The van der Waals surface area contributed by atoms with Crippen LogP contribution in [0.3, 0.4) is 0 Å². The summed E-state index contributed by atoms with van der Waals surface area (Å²) in [6.45, 7) is 4.62. The molecule has 1 unspecified atom stereocenters. The Morgan fingerprint density at radius 2 is 2.44 bits per heavy atom. The van der Waals surface area contributed by atoms with Crippen molar-refractivity contribution in [3.05, 3.63) is 21.1 Å². The molecule has 1 aliphatic heterocycles. The number of nitro groups is 1. The monoisotopic (exact) mass is 270 g/mol. The Labute approximate surface area is 110 Å². The van der Waals surface area contributed by atoms with Gasteiger partial charge in [0.2, 0.25) is 0 Å². The van der Waals surface area contributed by atoms with Crippen molar-refractivity contribution in [3.8, 4) is 0 Å². The Hall–Kier alpha value is -1.14. The number of nitrogens with zero attached hydrogens (tertiary/aromatic N) is 2. The molecule has 0 spiro atoms. The second-order valence-corrected chi connectivity index (χ2v) is 5.73. The maximum Gasteiger partial charge on any atom is 0.304 e. The maximum atomic E-state index is 11.1. The van der Waals surface area contributed by atoms with E-state index in [4.69, 9.17) is 0 Å². The lowest BCUT2D eigenvalue weighted by Crippen LogP contribution is -2.28. The van der Waals surface area contributed by atoms with Gasteiger partial charge in [0.1, 0.15) is 0 Å². The predicted molar refractivity (Wildman–Crippen MR) is 72.3 cm³/mol. The molecule has 0 aliphatic carbocycles. The molecule has 6 heteroatoms. The van der Waals surface area contributed by atoms with Crippen LogP contribution in [-0.4, -0.2) is 22.6 Å². The van der Waals surface area contributed by atoms with Gasteiger partial charge in [0.25, 0.3) is 0 Å². The van der Waals surface area contributed by atoms with Crippen LogP contribution in [0.25, 0.3) is 0 Å². The van der Waals surface area contributed by atoms with E-state index in [9.17, 15) is 15.2 Å². The summed E-state index contributed by atoms with van der Waals surface area (Å²) < 4.78 is 0. The molecular weight excluding hydrogens is 252 g/mol. The van der Waals surface area contributed by atoms with E-state index in [0.29, 0.717) is 15.9 Å². The number of hydrogen-bond donors (Lipinski definition) is 1. The van der Waals surface area contributed by atoms with Gasteiger partial charge in [-0.3, -0.25) is 10.1 Å². The van der Waals surface area contributed by atoms with Crippen molar-refractivity contribution < 1.29 is 10.0 Å². The second-order valence-electron chi connectivity index (χ2n) is 4.67. The van der Waals surface area contributed by atoms with Gasteiger partial charge in [-0.25, -0.2) is 0 Å². The molecule has 0 saturated carbocycles. The van der Waals surface area contributed by atoms with Gasteiger partial charge in [0.15, 0.2) is 5.00 Å². The average Bonchev–Trinajstić information content (AvgIpc) is 2.94. The van der Waals surface area contributed by atoms with E-state index in [0.717, 1.165) is 25.8 Å². The molecule has 5 nitrogen and oxygen atoms in total. The first-order valence-corrected chi connectivity index (χ1v) is 7.09. The Balaban J connectivity index is 2.39. The van der Waals surface area contributed by atoms with Crippen LogP contribution in [-0.2, 0) is 0 Å². The van der Waals surface area contributed by atoms with Gasteiger partial charge in [-0.05, 0) is 26.2 Å². The molecule has 0 amide bonds. The van der Waals surface area contributed by atoms with Crippen molar-refractivity contribution in [1.29, 1.82) is 0 Å². The van der Waals surface area contributed by atoms with Crippen LogP contribution in [0.4, 0.5) is 10.7 Å². The summed E-state index contributed by atoms with van der Waals surface area (Å²) in [4.78, 5) is 13.6. The predicted octanol–water partition coefficient (Wildman–Crippen LogP) is 3.09. The van der Waals surface area contributed by atoms with Crippen LogP contribution in [0.15, 0.2) is 6.07 Å². The molecule has 1 saturated heterocycles. The summed E-state index contributed by atoms with van der Waals surface area (Å²) in [5.74, 6) is 0.